The van der Waals surface area contributed by atoms with Gasteiger partial charge >= 0.3 is 0 Å². The number of carbonyl (C=O) groups excluding carboxylic acids is 1. The second kappa shape index (κ2) is 6.87. The predicted molar refractivity (Wildman–Crippen MR) is 81.8 cm³/mol. The van der Waals surface area contributed by atoms with E-state index in [1.54, 1.807) is 0 Å². The van der Waals surface area contributed by atoms with Gasteiger partial charge in [-0.25, -0.2) is 0 Å². The third-order valence-electron chi connectivity index (χ3n) is 3.84. The third kappa shape index (κ3) is 3.62. The van der Waals surface area contributed by atoms with E-state index in [9.17, 15) is 4.79 Å². The van der Waals surface area contributed by atoms with Gasteiger partial charge in [0.15, 0.2) is 5.82 Å². The lowest BCUT2D eigenvalue weighted by atomic mass is 10.4. The minimum absolute atomic E-state index is 0.0870. The summed E-state index contributed by atoms with van der Waals surface area (Å²) in [6.45, 7) is 6.71. The fourth-order valence-electron chi connectivity index (χ4n) is 2.64. The molecule has 2 saturated heterocycles. The van der Waals surface area contributed by atoms with Gasteiger partial charge in [-0.05, 0) is 12.8 Å². The van der Waals surface area contributed by atoms with Gasteiger partial charge in [0.25, 0.3) is 0 Å². The van der Waals surface area contributed by atoms with Crippen LogP contribution in [0.15, 0.2) is 0 Å². The Kier molecular flexibility index (Phi) is 4.67. The van der Waals surface area contributed by atoms with Crippen LogP contribution in [0.5, 0.6) is 0 Å². The number of rotatable bonds is 4. The average molecular weight is 306 g/mol. The number of hydrogen-bond donors (Lipinski definition) is 1. The van der Waals surface area contributed by atoms with Gasteiger partial charge in [0.1, 0.15) is 0 Å². The van der Waals surface area contributed by atoms with Crippen molar-refractivity contribution in [1.82, 2.24) is 20.3 Å². The van der Waals surface area contributed by atoms with Gasteiger partial charge in [0.2, 0.25) is 17.8 Å². The smallest absolute Gasteiger partial charge is 0.230 e. The topological polar surface area (TPSA) is 83.5 Å². The van der Waals surface area contributed by atoms with Crippen LogP contribution in [0.4, 0.5) is 11.9 Å². The van der Waals surface area contributed by atoms with Gasteiger partial charge in [0.05, 0.1) is 19.8 Å². The van der Waals surface area contributed by atoms with Crippen LogP contribution in [-0.2, 0) is 16.1 Å². The molecular formula is C14H22N6O2. The molecule has 8 nitrogen and oxygen atoms in total. The van der Waals surface area contributed by atoms with E-state index in [1.165, 1.54) is 19.8 Å². The number of anilines is 2. The molecule has 1 aromatic heterocycles. The number of amides is 1. The Morgan fingerprint density at radius 3 is 2.23 bits per heavy atom. The standard InChI is InChI=1S/C14H22N6O2/c1-11(21)15-10-12-16-13(19-4-2-3-5-19)18-14(17-12)20-6-8-22-9-7-20/h2-10H2,1H3,(H,15,21). The molecule has 2 fully saturated rings. The van der Waals surface area contributed by atoms with Crippen molar-refractivity contribution in [3.8, 4) is 0 Å². The molecule has 22 heavy (non-hydrogen) atoms. The summed E-state index contributed by atoms with van der Waals surface area (Å²) in [5.41, 5.74) is 0. The maximum atomic E-state index is 11.1. The highest BCUT2D eigenvalue weighted by Gasteiger charge is 2.21. The van der Waals surface area contributed by atoms with Crippen LogP contribution in [0, 0.1) is 0 Å². The van der Waals surface area contributed by atoms with Gasteiger partial charge in [-0.15, -0.1) is 0 Å². The molecular weight excluding hydrogens is 284 g/mol. The molecule has 0 atom stereocenters. The lowest BCUT2D eigenvalue weighted by molar-refractivity contribution is -0.119. The van der Waals surface area contributed by atoms with E-state index >= 15 is 0 Å². The quantitative estimate of drug-likeness (QED) is 0.834. The third-order valence-corrected chi connectivity index (χ3v) is 3.84. The average Bonchev–Trinajstić information content (AvgIpc) is 3.08. The van der Waals surface area contributed by atoms with Crippen molar-refractivity contribution >= 4 is 17.8 Å². The summed E-state index contributed by atoms with van der Waals surface area (Å²) in [6.07, 6.45) is 2.33. The molecule has 2 aliphatic rings. The fraction of sp³-hybridized carbons (Fsp3) is 0.714. The molecule has 8 heteroatoms. The van der Waals surface area contributed by atoms with E-state index in [4.69, 9.17) is 4.74 Å². The number of nitrogens with one attached hydrogen (secondary N) is 1. The Hall–Kier alpha value is -1.96. The monoisotopic (exact) mass is 306 g/mol. The zero-order chi connectivity index (χ0) is 15.4. The molecule has 1 amide bonds. The zero-order valence-corrected chi connectivity index (χ0v) is 12.9. The lowest BCUT2D eigenvalue weighted by Gasteiger charge is -2.28. The van der Waals surface area contributed by atoms with Crippen molar-refractivity contribution in [2.75, 3.05) is 49.2 Å². The van der Waals surface area contributed by atoms with Crippen LogP contribution < -0.4 is 15.1 Å². The Bertz CT molecular complexity index is 526. The Morgan fingerprint density at radius 1 is 1.05 bits per heavy atom. The second-order valence-electron chi connectivity index (χ2n) is 5.55. The number of nitrogens with zero attached hydrogens (tertiary/aromatic N) is 5. The first-order valence-corrected chi connectivity index (χ1v) is 7.79. The van der Waals surface area contributed by atoms with Gasteiger partial charge in [-0.1, -0.05) is 0 Å². The molecule has 3 rings (SSSR count). The van der Waals surface area contributed by atoms with Gasteiger partial charge in [-0.3, -0.25) is 4.79 Å². The first kappa shape index (κ1) is 15.0. The number of aromatic nitrogens is 3. The summed E-state index contributed by atoms with van der Waals surface area (Å²) in [6, 6.07) is 0. The summed E-state index contributed by atoms with van der Waals surface area (Å²) in [5, 5.41) is 2.76. The largest absolute Gasteiger partial charge is 0.378 e. The summed E-state index contributed by atoms with van der Waals surface area (Å²) < 4.78 is 5.38. The van der Waals surface area contributed by atoms with E-state index in [1.807, 2.05) is 0 Å². The molecule has 0 unspecified atom stereocenters. The highest BCUT2D eigenvalue weighted by molar-refractivity contribution is 5.72. The van der Waals surface area contributed by atoms with Crippen molar-refractivity contribution < 1.29 is 9.53 Å². The first-order valence-electron chi connectivity index (χ1n) is 7.79. The molecule has 1 aromatic rings. The van der Waals surface area contributed by atoms with Gasteiger partial charge in [-0.2, -0.15) is 15.0 Å². The van der Waals surface area contributed by atoms with Crippen molar-refractivity contribution in [1.29, 1.82) is 0 Å². The van der Waals surface area contributed by atoms with Crippen molar-refractivity contribution in [3.63, 3.8) is 0 Å². The second-order valence-corrected chi connectivity index (χ2v) is 5.55. The Labute approximate surface area is 129 Å². The van der Waals surface area contributed by atoms with Gasteiger partial charge < -0.3 is 19.9 Å². The number of carbonyl (C=O) groups is 1. The lowest BCUT2D eigenvalue weighted by Crippen LogP contribution is -2.38. The number of hydrogen-bond acceptors (Lipinski definition) is 7. The van der Waals surface area contributed by atoms with E-state index in [0.29, 0.717) is 37.5 Å². The molecule has 0 aromatic carbocycles. The summed E-state index contributed by atoms with van der Waals surface area (Å²) >= 11 is 0. The Morgan fingerprint density at radius 2 is 1.64 bits per heavy atom. The number of ether oxygens (including phenoxy) is 1. The van der Waals surface area contributed by atoms with Gasteiger partial charge in [0, 0.05) is 33.1 Å². The molecule has 0 spiro atoms. The van der Waals surface area contributed by atoms with E-state index in [2.05, 4.69) is 30.1 Å². The molecule has 1 N–H and O–H groups in total. The van der Waals surface area contributed by atoms with Crippen LogP contribution in [0.2, 0.25) is 0 Å². The predicted octanol–water partition coefficient (Wildman–Crippen LogP) is -0.0555. The molecule has 120 valence electrons. The highest BCUT2D eigenvalue weighted by atomic mass is 16.5. The zero-order valence-electron chi connectivity index (χ0n) is 12.9. The fourth-order valence-corrected chi connectivity index (χ4v) is 2.64. The summed E-state index contributed by atoms with van der Waals surface area (Å²) in [4.78, 5) is 29.1. The van der Waals surface area contributed by atoms with Crippen molar-refractivity contribution in [2.45, 2.75) is 26.3 Å². The Balaban J connectivity index is 1.84. The van der Waals surface area contributed by atoms with E-state index in [0.717, 1.165) is 26.2 Å². The van der Waals surface area contributed by atoms with Crippen molar-refractivity contribution in [2.24, 2.45) is 0 Å². The maximum Gasteiger partial charge on any atom is 0.230 e. The van der Waals surface area contributed by atoms with E-state index < -0.39 is 0 Å². The highest BCUT2D eigenvalue weighted by Crippen LogP contribution is 2.19. The minimum Gasteiger partial charge on any atom is -0.378 e. The minimum atomic E-state index is -0.0870. The maximum absolute atomic E-state index is 11.1. The molecule has 0 bridgehead atoms. The van der Waals surface area contributed by atoms with Crippen LogP contribution in [-0.4, -0.2) is 60.3 Å². The molecule has 0 radical (unpaired) electrons. The van der Waals surface area contributed by atoms with Crippen LogP contribution in [0.1, 0.15) is 25.6 Å². The molecule has 2 aliphatic heterocycles. The molecule has 0 saturated carbocycles. The van der Waals surface area contributed by atoms with E-state index in [-0.39, 0.29) is 5.91 Å². The van der Waals surface area contributed by atoms with Crippen LogP contribution >= 0.6 is 0 Å². The normalized spacial score (nSPS) is 18.6. The number of morpholine rings is 1. The molecule has 0 aliphatic carbocycles. The summed E-state index contributed by atoms with van der Waals surface area (Å²) in [5.74, 6) is 1.92. The van der Waals surface area contributed by atoms with Crippen LogP contribution in [0.25, 0.3) is 0 Å². The van der Waals surface area contributed by atoms with Crippen LogP contribution in [0.3, 0.4) is 0 Å². The summed E-state index contributed by atoms with van der Waals surface area (Å²) in [7, 11) is 0. The van der Waals surface area contributed by atoms with Crippen molar-refractivity contribution in [3.05, 3.63) is 5.82 Å². The molecule has 3 heterocycles. The SMILES string of the molecule is CC(=O)NCc1nc(N2CCCC2)nc(N2CCOCC2)n1. The first-order chi connectivity index (χ1) is 10.7.